The molecule has 1 heterocycles. The van der Waals surface area contributed by atoms with Crippen molar-refractivity contribution < 1.29 is 14.4 Å². The van der Waals surface area contributed by atoms with Gasteiger partial charge in [0.2, 0.25) is 17.7 Å². The smallest absolute Gasteiger partial charge is 0.223 e. The molecule has 0 aliphatic carbocycles. The van der Waals surface area contributed by atoms with E-state index in [9.17, 15) is 14.4 Å². The summed E-state index contributed by atoms with van der Waals surface area (Å²) in [5, 5.41) is 0. The fourth-order valence-corrected chi connectivity index (χ4v) is 8.01. The first-order valence-corrected chi connectivity index (χ1v) is 19.7. The molecular formula is C40H50Br3N3O3. The van der Waals surface area contributed by atoms with Gasteiger partial charge in [0.25, 0.3) is 0 Å². The van der Waals surface area contributed by atoms with Crippen LogP contribution in [0.2, 0.25) is 0 Å². The zero-order chi connectivity index (χ0) is 35.8. The maximum absolute atomic E-state index is 13.8. The standard InChI is InChI=1S/C40H50Br3N3O3/c1-26(2)7-8-38(47)44-20-29-11-31(16-35(41)14-29)22-45(39(48)9-27(3)4)24-33-13-34(19-37(43)18-33)25-46(40(49)10-28(5)6)23-32-12-30(21-44)15-36(42)17-32/h11-19,26-28H,7-10,20-25H2,1-6H3. The average Bonchev–Trinajstić information content (AvgIpc) is 2.97. The number of amides is 3. The van der Waals surface area contributed by atoms with E-state index in [4.69, 9.17) is 0 Å². The molecule has 1 aliphatic rings. The van der Waals surface area contributed by atoms with Gasteiger partial charge in [-0.3, -0.25) is 14.4 Å². The molecule has 264 valence electrons. The van der Waals surface area contributed by atoms with E-state index in [1.807, 2.05) is 14.7 Å². The monoisotopic (exact) mass is 857 g/mol. The molecule has 0 fully saturated rings. The van der Waals surface area contributed by atoms with Crippen LogP contribution in [-0.2, 0) is 53.7 Å². The fourth-order valence-electron chi connectivity index (χ4n) is 6.25. The second kappa shape index (κ2) is 18.1. The first kappa shape index (κ1) is 39.3. The first-order chi connectivity index (χ1) is 23.1. The van der Waals surface area contributed by atoms with Crippen LogP contribution in [0.25, 0.3) is 0 Å². The number of rotatable bonds is 7. The molecule has 3 amide bonds. The lowest BCUT2D eigenvalue weighted by Crippen LogP contribution is -2.32. The molecular weight excluding hydrogens is 810 g/mol. The molecule has 1 aliphatic heterocycles. The summed E-state index contributed by atoms with van der Waals surface area (Å²) in [6.07, 6.45) is 2.19. The molecule has 0 saturated heterocycles. The predicted molar refractivity (Wildman–Crippen MR) is 208 cm³/mol. The lowest BCUT2D eigenvalue weighted by molar-refractivity contribution is -0.134. The molecule has 0 atom stereocenters. The molecule has 0 aromatic heterocycles. The van der Waals surface area contributed by atoms with E-state index in [0.29, 0.717) is 64.4 Å². The molecule has 6 nitrogen and oxygen atoms in total. The average molecular weight is 861 g/mol. The molecule has 3 aromatic rings. The Bertz CT molecular complexity index is 1530. The Hall–Kier alpha value is -2.49. The largest absolute Gasteiger partial charge is 0.334 e. The minimum absolute atomic E-state index is 0.0933. The van der Waals surface area contributed by atoms with Crippen LogP contribution in [0.3, 0.4) is 0 Å². The van der Waals surface area contributed by atoms with Gasteiger partial charge >= 0.3 is 0 Å². The lowest BCUT2D eigenvalue weighted by Gasteiger charge is -2.28. The summed E-state index contributed by atoms with van der Waals surface area (Å²) in [5.41, 5.74) is 6.02. The van der Waals surface area contributed by atoms with Gasteiger partial charge in [-0.25, -0.2) is 0 Å². The van der Waals surface area contributed by atoms with Crippen molar-refractivity contribution in [1.29, 1.82) is 0 Å². The third-order valence-corrected chi connectivity index (χ3v) is 9.83. The summed E-state index contributed by atoms with van der Waals surface area (Å²) in [4.78, 5) is 47.0. The van der Waals surface area contributed by atoms with Crippen LogP contribution in [0.1, 0.15) is 101 Å². The summed E-state index contributed by atoms with van der Waals surface area (Å²) in [6, 6.07) is 18.8. The van der Waals surface area contributed by atoms with Gasteiger partial charge in [0.1, 0.15) is 0 Å². The first-order valence-electron chi connectivity index (χ1n) is 17.3. The Morgan fingerprint density at radius 2 is 0.735 bits per heavy atom. The third kappa shape index (κ3) is 12.7. The van der Waals surface area contributed by atoms with Gasteiger partial charge in [-0.05, 0) is 94.0 Å². The van der Waals surface area contributed by atoms with E-state index in [1.54, 1.807) is 0 Å². The fraction of sp³-hybridized carbons (Fsp3) is 0.475. The molecule has 49 heavy (non-hydrogen) atoms. The van der Waals surface area contributed by atoms with Crippen molar-refractivity contribution in [2.24, 2.45) is 17.8 Å². The van der Waals surface area contributed by atoms with E-state index in [-0.39, 0.29) is 29.6 Å². The highest BCUT2D eigenvalue weighted by atomic mass is 79.9. The number of nitrogens with zero attached hydrogens (tertiary/aromatic N) is 3. The maximum atomic E-state index is 13.8. The van der Waals surface area contributed by atoms with E-state index in [1.165, 1.54) is 0 Å². The van der Waals surface area contributed by atoms with Crippen molar-refractivity contribution in [3.8, 4) is 0 Å². The van der Waals surface area contributed by atoms with Crippen LogP contribution < -0.4 is 0 Å². The van der Waals surface area contributed by atoms with Crippen LogP contribution in [0.4, 0.5) is 0 Å². The third-order valence-electron chi connectivity index (χ3n) is 8.45. The number of carbonyl (C=O) groups is 3. The second-order valence-corrected chi connectivity index (χ2v) is 17.5. The highest BCUT2D eigenvalue weighted by Crippen LogP contribution is 2.27. The van der Waals surface area contributed by atoms with Crippen molar-refractivity contribution in [1.82, 2.24) is 14.7 Å². The van der Waals surface area contributed by atoms with Gasteiger partial charge < -0.3 is 14.7 Å². The normalized spacial score (nSPS) is 14.3. The number of benzene rings is 3. The van der Waals surface area contributed by atoms with Crippen LogP contribution in [0.5, 0.6) is 0 Å². The number of hydrogen-bond donors (Lipinski definition) is 0. The Balaban J connectivity index is 1.85. The highest BCUT2D eigenvalue weighted by molar-refractivity contribution is 9.11. The summed E-state index contributed by atoms with van der Waals surface area (Å²) in [5.74, 6) is 1.16. The highest BCUT2D eigenvalue weighted by Gasteiger charge is 2.22. The zero-order valence-electron chi connectivity index (χ0n) is 29.7. The SMILES string of the molecule is CC(C)CCC(=O)N1Cc2cc(Br)cc(c2)CN(C(=O)CC(C)C)Cc2cc(Br)cc(c2)CN(C(=O)CC(C)C)Cc2cc(Br)cc(c2)C1. The molecule has 0 unspecified atom stereocenters. The molecule has 6 bridgehead atoms. The molecule has 3 aromatic carbocycles. The second-order valence-electron chi connectivity index (χ2n) is 14.8. The van der Waals surface area contributed by atoms with Crippen molar-refractivity contribution >= 4 is 65.5 Å². The van der Waals surface area contributed by atoms with E-state index in [2.05, 4.69) is 144 Å². The van der Waals surface area contributed by atoms with Gasteiger partial charge in [0.15, 0.2) is 0 Å². The molecule has 4 rings (SSSR count). The number of hydrogen-bond acceptors (Lipinski definition) is 3. The number of fused-ring (bicyclic) bond motifs is 6. The Kier molecular flexibility index (Phi) is 14.5. The minimum atomic E-state index is 0.0933. The van der Waals surface area contributed by atoms with Gasteiger partial charge in [-0.2, -0.15) is 0 Å². The van der Waals surface area contributed by atoms with Crippen molar-refractivity contribution in [2.45, 2.75) is 106 Å². The van der Waals surface area contributed by atoms with Gasteiger partial charge in [-0.1, -0.05) is 108 Å². The lowest BCUT2D eigenvalue weighted by atomic mass is 10.0. The minimum Gasteiger partial charge on any atom is -0.334 e. The van der Waals surface area contributed by atoms with Gasteiger partial charge in [0.05, 0.1) is 0 Å². The van der Waals surface area contributed by atoms with Crippen LogP contribution in [-0.4, -0.2) is 32.4 Å². The Morgan fingerprint density at radius 3 is 0.980 bits per heavy atom. The summed E-state index contributed by atoms with van der Waals surface area (Å²) in [7, 11) is 0. The van der Waals surface area contributed by atoms with Crippen molar-refractivity contribution in [2.75, 3.05) is 0 Å². The Labute approximate surface area is 318 Å². The molecule has 0 saturated carbocycles. The number of carbonyl (C=O) groups excluding carboxylic acids is 3. The summed E-state index contributed by atoms with van der Waals surface area (Å²) >= 11 is 11.2. The van der Waals surface area contributed by atoms with E-state index in [0.717, 1.165) is 53.2 Å². The molecule has 0 N–H and O–H groups in total. The van der Waals surface area contributed by atoms with Crippen LogP contribution in [0.15, 0.2) is 68.0 Å². The van der Waals surface area contributed by atoms with Crippen LogP contribution >= 0.6 is 47.8 Å². The molecule has 9 heteroatoms. The van der Waals surface area contributed by atoms with Crippen LogP contribution in [0, 0.1) is 17.8 Å². The topological polar surface area (TPSA) is 60.9 Å². The molecule has 0 radical (unpaired) electrons. The molecule has 0 spiro atoms. The van der Waals surface area contributed by atoms with Gasteiger partial charge in [-0.15, -0.1) is 0 Å². The van der Waals surface area contributed by atoms with Crippen molar-refractivity contribution in [3.63, 3.8) is 0 Å². The van der Waals surface area contributed by atoms with Gasteiger partial charge in [0, 0.05) is 71.9 Å². The number of halogens is 3. The summed E-state index contributed by atoms with van der Waals surface area (Å²) in [6.45, 7) is 15.2. The quantitative estimate of drug-likeness (QED) is 0.238. The Morgan fingerprint density at radius 1 is 0.469 bits per heavy atom. The summed E-state index contributed by atoms with van der Waals surface area (Å²) < 4.78 is 2.75. The van der Waals surface area contributed by atoms with E-state index >= 15 is 0 Å². The zero-order valence-corrected chi connectivity index (χ0v) is 34.5. The van der Waals surface area contributed by atoms with E-state index < -0.39 is 0 Å². The predicted octanol–water partition coefficient (Wildman–Crippen LogP) is 10.4. The van der Waals surface area contributed by atoms with Crippen molar-refractivity contribution in [3.05, 3.63) is 101 Å². The maximum Gasteiger partial charge on any atom is 0.223 e.